The van der Waals surface area contributed by atoms with E-state index < -0.39 is 5.82 Å². The molecule has 0 unspecified atom stereocenters. The summed E-state index contributed by atoms with van der Waals surface area (Å²) in [4.78, 5) is 0. The summed E-state index contributed by atoms with van der Waals surface area (Å²) in [5.74, 6) is -0.0945. The number of nitrogens with two attached hydrogens (primary N) is 1. The molecule has 0 bridgehead atoms. The standard InChI is InChI=1S/C9H9ClFN5/c10-6-1-2-8(11)7(5-6)9-13-14-15-16(9)4-3-12/h1-2,5H,3-4,12H2. The second-order valence-electron chi connectivity index (χ2n) is 3.14. The van der Waals surface area contributed by atoms with Crippen LogP contribution in [-0.2, 0) is 6.54 Å². The monoisotopic (exact) mass is 241 g/mol. The lowest BCUT2D eigenvalue weighted by molar-refractivity contribution is 0.594. The molecule has 0 spiro atoms. The van der Waals surface area contributed by atoms with E-state index in [0.29, 0.717) is 23.9 Å². The fourth-order valence-electron chi connectivity index (χ4n) is 1.34. The Hall–Kier alpha value is -1.53. The second-order valence-corrected chi connectivity index (χ2v) is 3.57. The Balaban J connectivity index is 2.49. The Labute approximate surface area is 96.0 Å². The van der Waals surface area contributed by atoms with Crippen molar-refractivity contribution < 1.29 is 4.39 Å². The van der Waals surface area contributed by atoms with Gasteiger partial charge >= 0.3 is 0 Å². The van der Waals surface area contributed by atoms with Crippen LogP contribution in [0.2, 0.25) is 5.02 Å². The highest BCUT2D eigenvalue weighted by Gasteiger charge is 2.13. The first-order valence-electron chi connectivity index (χ1n) is 4.64. The third kappa shape index (κ3) is 2.02. The number of tetrazole rings is 1. The number of hydrogen-bond donors (Lipinski definition) is 1. The van der Waals surface area contributed by atoms with Crippen molar-refractivity contribution in [1.29, 1.82) is 0 Å². The van der Waals surface area contributed by atoms with E-state index in [1.54, 1.807) is 0 Å². The summed E-state index contributed by atoms with van der Waals surface area (Å²) in [5, 5.41) is 11.4. The fourth-order valence-corrected chi connectivity index (χ4v) is 1.51. The van der Waals surface area contributed by atoms with Crippen molar-refractivity contribution in [3.8, 4) is 11.4 Å². The maximum Gasteiger partial charge on any atom is 0.185 e. The predicted molar refractivity (Wildman–Crippen MR) is 57.3 cm³/mol. The third-order valence-electron chi connectivity index (χ3n) is 2.04. The van der Waals surface area contributed by atoms with E-state index in [4.69, 9.17) is 17.3 Å². The van der Waals surface area contributed by atoms with E-state index in [1.165, 1.54) is 22.9 Å². The highest BCUT2D eigenvalue weighted by molar-refractivity contribution is 6.30. The molecule has 16 heavy (non-hydrogen) atoms. The SMILES string of the molecule is NCCn1nnnc1-c1cc(Cl)ccc1F. The largest absolute Gasteiger partial charge is 0.329 e. The number of hydrogen-bond acceptors (Lipinski definition) is 4. The zero-order chi connectivity index (χ0) is 11.5. The second kappa shape index (κ2) is 4.54. The van der Waals surface area contributed by atoms with Crippen LogP contribution in [0.3, 0.4) is 0 Å². The molecule has 0 aliphatic heterocycles. The molecule has 0 fully saturated rings. The van der Waals surface area contributed by atoms with Crippen molar-refractivity contribution in [3.63, 3.8) is 0 Å². The Bertz CT molecular complexity index is 498. The van der Waals surface area contributed by atoms with E-state index >= 15 is 0 Å². The fraction of sp³-hybridized carbons (Fsp3) is 0.222. The molecule has 1 aromatic heterocycles. The van der Waals surface area contributed by atoms with Gasteiger partial charge in [0.1, 0.15) is 5.82 Å². The Morgan fingerprint density at radius 3 is 3.00 bits per heavy atom. The number of aromatic nitrogens is 4. The molecule has 5 nitrogen and oxygen atoms in total. The van der Waals surface area contributed by atoms with Crippen molar-refractivity contribution in [1.82, 2.24) is 20.2 Å². The van der Waals surface area contributed by atoms with Gasteiger partial charge in [0.25, 0.3) is 0 Å². The molecule has 0 saturated carbocycles. The van der Waals surface area contributed by atoms with Crippen LogP contribution in [0.15, 0.2) is 18.2 Å². The zero-order valence-electron chi connectivity index (χ0n) is 8.27. The molecular formula is C9H9ClFN5. The average molecular weight is 242 g/mol. The topological polar surface area (TPSA) is 69.6 Å². The lowest BCUT2D eigenvalue weighted by Crippen LogP contribution is -2.12. The Morgan fingerprint density at radius 1 is 1.44 bits per heavy atom. The van der Waals surface area contributed by atoms with Gasteiger partial charge in [0, 0.05) is 11.6 Å². The van der Waals surface area contributed by atoms with Crippen molar-refractivity contribution in [2.24, 2.45) is 5.73 Å². The van der Waals surface area contributed by atoms with Crippen molar-refractivity contribution in [2.75, 3.05) is 6.54 Å². The van der Waals surface area contributed by atoms with E-state index in [2.05, 4.69) is 15.5 Å². The Kier molecular flexibility index (Phi) is 3.12. The van der Waals surface area contributed by atoms with Crippen LogP contribution in [-0.4, -0.2) is 26.8 Å². The molecule has 0 radical (unpaired) electrons. The first-order valence-corrected chi connectivity index (χ1v) is 5.02. The van der Waals surface area contributed by atoms with Crippen LogP contribution in [0.5, 0.6) is 0 Å². The lowest BCUT2D eigenvalue weighted by atomic mass is 10.2. The van der Waals surface area contributed by atoms with Gasteiger partial charge in [-0.2, -0.15) is 0 Å². The summed E-state index contributed by atoms with van der Waals surface area (Å²) in [6.45, 7) is 0.800. The van der Waals surface area contributed by atoms with Crippen LogP contribution in [0.1, 0.15) is 0 Å². The molecule has 2 rings (SSSR count). The molecule has 84 valence electrons. The van der Waals surface area contributed by atoms with Crippen LogP contribution in [0, 0.1) is 5.82 Å². The van der Waals surface area contributed by atoms with Gasteiger partial charge in [-0.25, -0.2) is 9.07 Å². The summed E-state index contributed by atoms with van der Waals surface area (Å²) in [7, 11) is 0. The summed E-state index contributed by atoms with van der Waals surface area (Å²) < 4.78 is 15.0. The Morgan fingerprint density at radius 2 is 2.25 bits per heavy atom. The minimum Gasteiger partial charge on any atom is -0.329 e. The molecule has 2 aromatic rings. The summed E-state index contributed by atoms with van der Waals surface area (Å²) >= 11 is 5.79. The quantitative estimate of drug-likeness (QED) is 0.873. The van der Waals surface area contributed by atoms with E-state index in [1.807, 2.05) is 0 Å². The molecule has 0 amide bonds. The van der Waals surface area contributed by atoms with Crippen LogP contribution in [0.25, 0.3) is 11.4 Å². The van der Waals surface area contributed by atoms with Crippen molar-refractivity contribution in [2.45, 2.75) is 6.54 Å². The van der Waals surface area contributed by atoms with Gasteiger partial charge in [0.15, 0.2) is 5.82 Å². The predicted octanol–water partition coefficient (Wildman–Crippen LogP) is 1.09. The summed E-state index contributed by atoms with van der Waals surface area (Å²) in [6, 6.07) is 4.23. The van der Waals surface area contributed by atoms with Gasteiger partial charge in [0.2, 0.25) is 0 Å². The average Bonchev–Trinajstić information content (AvgIpc) is 2.70. The van der Waals surface area contributed by atoms with Gasteiger partial charge < -0.3 is 5.73 Å². The zero-order valence-corrected chi connectivity index (χ0v) is 9.02. The minimum atomic E-state index is -0.419. The van der Waals surface area contributed by atoms with Crippen LogP contribution in [0.4, 0.5) is 4.39 Å². The summed E-state index contributed by atoms with van der Waals surface area (Å²) in [6.07, 6.45) is 0. The molecule has 0 aliphatic carbocycles. The van der Waals surface area contributed by atoms with Gasteiger partial charge in [-0.1, -0.05) is 11.6 Å². The maximum atomic E-state index is 13.6. The molecular weight excluding hydrogens is 233 g/mol. The van der Waals surface area contributed by atoms with Gasteiger partial charge in [-0.05, 0) is 28.6 Å². The minimum absolute atomic E-state index is 0.269. The molecule has 0 aliphatic rings. The number of halogens is 2. The first kappa shape index (κ1) is 11.0. The van der Waals surface area contributed by atoms with Gasteiger partial charge in [-0.15, -0.1) is 5.10 Å². The molecule has 0 saturated heterocycles. The van der Waals surface area contributed by atoms with Crippen LogP contribution < -0.4 is 5.73 Å². The molecule has 7 heteroatoms. The van der Waals surface area contributed by atoms with E-state index in [9.17, 15) is 4.39 Å². The van der Waals surface area contributed by atoms with Gasteiger partial charge in [-0.3, -0.25) is 0 Å². The smallest absolute Gasteiger partial charge is 0.185 e. The highest BCUT2D eigenvalue weighted by atomic mass is 35.5. The third-order valence-corrected chi connectivity index (χ3v) is 2.28. The normalized spacial score (nSPS) is 10.7. The number of rotatable bonds is 3. The lowest BCUT2D eigenvalue weighted by Gasteiger charge is -2.04. The number of nitrogens with zero attached hydrogens (tertiary/aromatic N) is 4. The molecule has 0 atom stereocenters. The van der Waals surface area contributed by atoms with Crippen molar-refractivity contribution in [3.05, 3.63) is 29.0 Å². The highest BCUT2D eigenvalue weighted by Crippen LogP contribution is 2.23. The molecule has 1 heterocycles. The summed E-state index contributed by atoms with van der Waals surface area (Å²) in [5.41, 5.74) is 5.67. The molecule has 2 N–H and O–H groups in total. The number of benzene rings is 1. The van der Waals surface area contributed by atoms with Crippen LogP contribution >= 0.6 is 11.6 Å². The van der Waals surface area contributed by atoms with Gasteiger partial charge in [0.05, 0.1) is 12.1 Å². The van der Waals surface area contributed by atoms with E-state index in [-0.39, 0.29) is 5.56 Å². The van der Waals surface area contributed by atoms with E-state index in [0.717, 1.165) is 0 Å². The van der Waals surface area contributed by atoms with Crippen molar-refractivity contribution >= 4 is 11.6 Å². The molecule has 1 aromatic carbocycles. The first-order chi connectivity index (χ1) is 7.72. The maximum absolute atomic E-state index is 13.6.